The Morgan fingerprint density at radius 3 is 2.85 bits per heavy atom. The normalized spacial score (nSPS) is 16.0. The standard InChI is InChI=1S/C26H31N3O4/c1-5-11-32-23-10-12-33-22-9-8-18(13-20(22)23)26-19(14-25(30)31)16(4)27-24-15-21(28-29(24)26)17(6-2)7-3/h6,8-9,13,15,23H,5,7,10-12,14H2,1-4H3,(H,30,31). The van der Waals surface area contributed by atoms with Gasteiger partial charge in [-0.2, -0.15) is 5.10 Å². The Hall–Kier alpha value is -3.19. The lowest BCUT2D eigenvalue weighted by Gasteiger charge is -2.27. The van der Waals surface area contributed by atoms with E-state index < -0.39 is 5.97 Å². The number of fused-ring (bicyclic) bond motifs is 2. The first kappa shape index (κ1) is 23.0. The quantitative estimate of drug-likeness (QED) is 0.496. The van der Waals surface area contributed by atoms with Crippen LogP contribution in [-0.4, -0.2) is 38.9 Å². The number of carboxylic acids is 1. The van der Waals surface area contributed by atoms with Crippen LogP contribution in [0.1, 0.15) is 68.7 Å². The molecular formula is C26H31N3O4. The van der Waals surface area contributed by atoms with Crippen molar-refractivity contribution in [1.82, 2.24) is 14.6 Å². The second kappa shape index (κ2) is 9.75. The molecule has 0 aliphatic carbocycles. The van der Waals surface area contributed by atoms with Gasteiger partial charge in [0.2, 0.25) is 0 Å². The Labute approximate surface area is 194 Å². The molecular weight excluding hydrogens is 418 g/mol. The summed E-state index contributed by atoms with van der Waals surface area (Å²) in [5.74, 6) is -0.0859. The number of rotatable bonds is 8. The zero-order valence-corrected chi connectivity index (χ0v) is 19.7. The maximum Gasteiger partial charge on any atom is 0.307 e. The molecule has 1 aliphatic heterocycles. The number of carbonyl (C=O) groups is 1. The predicted octanol–water partition coefficient (Wildman–Crippen LogP) is 5.40. The Balaban J connectivity index is 1.94. The zero-order chi connectivity index (χ0) is 23.5. The summed E-state index contributed by atoms with van der Waals surface area (Å²) in [6.45, 7) is 9.35. The molecule has 0 fully saturated rings. The lowest BCUT2D eigenvalue weighted by Crippen LogP contribution is -2.17. The van der Waals surface area contributed by atoms with Crippen molar-refractivity contribution < 1.29 is 19.4 Å². The molecule has 0 spiro atoms. The van der Waals surface area contributed by atoms with Crippen LogP contribution in [0, 0.1) is 6.92 Å². The van der Waals surface area contributed by atoms with Gasteiger partial charge in [0.05, 0.1) is 30.5 Å². The van der Waals surface area contributed by atoms with Crippen molar-refractivity contribution in [3.63, 3.8) is 0 Å². The van der Waals surface area contributed by atoms with Gasteiger partial charge in [0.1, 0.15) is 5.75 Å². The van der Waals surface area contributed by atoms with Crippen LogP contribution in [0.15, 0.2) is 30.3 Å². The van der Waals surface area contributed by atoms with Crippen LogP contribution in [0.5, 0.6) is 5.75 Å². The van der Waals surface area contributed by atoms with Crippen LogP contribution in [0.2, 0.25) is 0 Å². The third-order valence-corrected chi connectivity index (χ3v) is 6.08. The van der Waals surface area contributed by atoms with E-state index in [0.717, 1.165) is 53.1 Å². The highest BCUT2D eigenvalue weighted by atomic mass is 16.5. The summed E-state index contributed by atoms with van der Waals surface area (Å²) in [5, 5.41) is 14.5. The van der Waals surface area contributed by atoms with E-state index in [4.69, 9.17) is 14.6 Å². The second-order valence-corrected chi connectivity index (χ2v) is 8.31. The van der Waals surface area contributed by atoms with Crippen LogP contribution < -0.4 is 4.74 Å². The molecule has 7 heteroatoms. The van der Waals surface area contributed by atoms with Crippen LogP contribution in [0.25, 0.3) is 22.5 Å². The average molecular weight is 450 g/mol. The first-order chi connectivity index (χ1) is 16.0. The van der Waals surface area contributed by atoms with Gasteiger partial charge in [0.15, 0.2) is 5.65 Å². The molecule has 1 N–H and O–H groups in total. The summed E-state index contributed by atoms with van der Waals surface area (Å²) in [7, 11) is 0. The van der Waals surface area contributed by atoms with E-state index in [-0.39, 0.29) is 12.5 Å². The number of allylic oxidation sites excluding steroid dienone is 2. The third kappa shape index (κ3) is 4.50. The molecule has 0 radical (unpaired) electrons. The summed E-state index contributed by atoms with van der Waals surface area (Å²) in [6.07, 6.45) is 4.46. The summed E-state index contributed by atoms with van der Waals surface area (Å²) in [5.41, 5.74) is 6.65. The molecule has 3 heterocycles. The van der Waals surface area contributed by atoms with Gasteiger partial charge in [0.25, 0.3) is 0 Å². The lowest BCUT2D eigenvalue weighted by atomic mass is 9.96. The maximum absolute atomic E-state index is 11.7. The van der Waals surface area contributed by atoms with E-state index in [1.54, 1.807) is 4.52 Å². The van der Waals surface area contributed by atoms with Crippen molar-refractivity contribution in [2.75, 3.05) is 13.2 Å². The van der Waals surface area contributed by atoms with Crippen LogP contribution in [-0.2, 0) is 16.0 Å². The summed E-state index contributed by atoms with van der Waals surface area (Å²) < 4.78 is 13.8. The molecule has 1 aliphatic rings. The van der Waals surface area contributed by atoms with E-state index >= 15 is 0 Å². The monoisotopic (exact) mass is 449 g/mol. The molecule has 174 valence electrons. The fraction of sp³-hybridized carbons (Fsp3) is 0.423. The number of aliphatic carboxylic acids is 1. The molecule has 0 saturated heterocycles. The van der Waals surface area contributed by atoms with Gasteiger partial charge >= 0.3 is 5.97 Å². The topological polar surface area (TPSA) is 86.0 Å². The molecule has 0 saturated carbocycles. The average Bonchev–Trinajstić information content (AvgIpc) is 3.21. The van der Waals surface area contributed by atoms with E-state index in [2.05, 4.69) is 31.0 Å². The van der Waals surface area contributed by atoms with E-state index in [1.165, 1.54) is 0 Å². The largest absolute Gasteiger partial charge is 0.493 e. The van der Waals surface area contributed by atoms with Crippen LogP contribution in [0.3, 0.4) is 0 Å². The van der Waals surface area contributed by atoms with Gasteiger partial charge in [-0.05, 0) is 50.5 Å². The van der Waals surface area contributed by atoms with Crippen molar-refractivity contribution in [2.45, 2.75) is 59.5 Å². The Morgan fingerprint density at radius 1 is 1.33 bits per heavy atom. The van der Waals surface area contributed by atoms with Gasteiger partial charge < -0.3 is 14.6 Å². The molecule has 0 amide bonds. The number of carboxylic acid groups (broad SMARTS) is 1. The minimum atomic E-state index is -0.902. The van der Waals surface area contributed by atoms with Crippen molar-refractivity contribution >= 4 is 17.2 Å². The fourth-order valence-electron chi connectivity index (χ4n) is 4.45. The van der Waals surface area contributed by atoms with E-state index in [0.29, 0.717) is 30.1 Å². The Kier molecular flexibility index (Phi) is 6.79. The minimum Gasteiger partial charge on any atom is -0.493 e. The highest BCUT2D eigenvalue weighted by molar-refractivity contribution is 5.78. The van der Waals surface area contributed by atoms with Crippen molar-refractivity contribution in [3.05, 3.63) is 52.9 Å². The van der Waals surface area contributed by atoms with Gasteiger partial charge in [0, 0.05) is 41.5 Å². The van der Waals surface area contributed by atoms with Gasteiger partial charge in [-0.25, -0.2) is 9.50 Å². The number of ether oxygens (including phenoxy) is 2. The number of benzene rings is 1. The fourth-order valence-corrected chi connectivity index (χ4v) is 4.45. The van der Waals surface area contributed by atoms with Crippen LogP contribution in [0.4, 0.5) is 0 Å². The second-order valence-electron chi connectivity index (χ2n) is 8.31. The summed E-state index contributed by atoms with van der Waals surface area (Å²) in [6, 6.07) is 7.95. The van der Waals surface area contributed by atoms with Gasteiger partial charge in [-0.15, -0.1) is 0 Å². The Morgan fingerprint density at radius 2 is 2.15 bits per heavy atom. The molecule has 33 heavy (non-hydrogen) atoms. The van der Waals surface area contributed by atoms with Crippen molar-refractivity contribution in [1.29, 1.82) is 0 Å². The molecule has 1 unspecified atom stereocenters. The third-order valence-electron chi connectivity index (χ3n) is 6.08. The summed E-state index contributed by atoms with van der Waals surface area (Å²) >= 11 is 0. The summed E-state index contributed by atoms with van der Waals surface area (Å²) in [4.78, 5) is 16.4. The first-order valence-electron chi connectivity index (χ1n) is 11.6. The molecule has 1 atom stereocenters. The van der Waals surface area contributed by atoms with Crippen molar-refractivity contribution in [2.24, 2.45) is 0 Å². The number of aromatic nitrogens is 3. The molecule has 1 aromatic carbocycles. The van der Waals surface area contributed by atoms with Crippen LogP contribution >= 0.6 is 0 Å². The number of hydrogen-bond acceptors (Lipinski definition) is 5. The molecule has 3 aromatic rings. The molecule has 2 aromatic heterocycles. The SMILES string of the molecule is CC=C(CC)c1cc2nc(C)c(CC(=O)O)c(-c3ccc4c(c3)C(OCCC)CCO4)n2n1. The van der Waals surface area contributed by atoms with Gasteiger partial charge in [-0.3, -0.25) is 4.79 Å². The highest BCUT2D eigenvalue weighted by Crippen LogP contribution is 2.39. The van der Waals surface area contributed by atoms with Gasteiger partial charge in [-0.1, -0.05) is 19.9 Å². The number of aryl methyl sites for hydroxylation is 1. The minimum absolute atomic E-state index is 0.0436. The maximum atomic E-state index is 11.7. The molecule has 7 nitrogen and oxygen atoms in total. The first-order valence-corrected chi connectivity index (χ1v) is 11.6. The zero-order valence-electron chi connectivity index (χ0n) is 19.7. The highest BCUT2D eigenvalue weighted by Gasteiger charge is 2.25. The number of nitrogens with zero attached hydrogens (tertiary/aromatic N) is 3. The smallest absolute Gasteiger partial charge is 0.307 e. The number of hydrogen-bond donors (Lipinski definition) is 1. The molecule has 0 bridgehead atoms. The van der Waals surface area contributed by atoms with E-state index in [9.17, 15) is 9.90 Å². The molecule has 4 rings (SSSR count). The predicted molar refractivity (Wildman–Crippen MR) is 128 cm³/mol. The Bertz CT molecular complexity index is 1210. The van der Waals surface area contributed by atoms with Crippen molar-refractivity contribution in [3.8, 4) is 17.0 Å². The van der Waals surface area contributed by atoms with E-state index in [1.807, 2.05) is 32.0 Å². The lowest BCUT2D eigenvalue weighted by molar-refractivity contribution is -0.136.